The third kappa shape index (κ3) is 20.6. The topological polar surface area (TPSA) is 0 Å². The van der Waals surface area contributed by atoms with Gasteiger partial charge in [-0.1, -0.05) is 130 Å². The minimum absolute atomic E-state index is 0.600. The molecule has 0 atom stereocenters. The van der Waals surface area contributed by atoms with Gasteiger partial charge in [-0.15, -0.1) is 56.9 Å². The zero-order valence-electron chi connectivity index (χ0n) is 37.4. The second-order valence-electron chi connectivity index (χ2n) is 15.1. The van der Waals surface area contributed by atoms with E-state index < -0.39 is 0 Å². The first-order valence-electron chi connectivity index (χ1n) is 21.0. The van der Waals surface area contributed by atoms with E-state index in [1.54, 1.807) is 0 Å². The van der Waals surface area contributed by atoms with Crippen LogP contribution in [0, 0.1) is 26.0 Å². The Morgan fingerprint density at radius 2 is 0.804 bits per heavy atom. The number of rotatable bonds is 8. The summed E-state index contributed by atoms with van der Waals surface area (Å²) in [6.45, 7) is 37.2. The molecule has 0 N–H and O–H groups in total. The molecule has 0 aliphatic heterocycles. The van der Waals surface area contributed by atoms with E-state index in [0.717, 1.165) is 25.7 Å². The second-order valence-corrected chi connectivity index (χ2v) is 15.1. The van der Waals surface area contributed by atoms with E-state index in [9.17, 15) is 0 Å². The van der Waals surface area contributed by atoms with Crippen molar-refractivity contribution in [2.75, 3.05) is 0 Å². The third-order valence-electron chi connectivity index (χ3n) is 9.19. The van der Waals surface area contributed by atoms with E-state index in [2.05, 4.69) is 164 Å². The van der Waals surface area contributed by atoms with Gasteiger partial charge in [0, 0.05) is 0 Å². The fourth-order valence-corrected chi connectivity index (χ4v) is 5.59. The Hall–Kier alpha value is -2.80. The molecule has 0 saturated carbocycles. The summed E-state index contributed by atoms with van der Waals surface area (Å²) in [6, 6.07) is 44.0. The van der Waals surface area contributed by atoms with Crippen LogP contribution in [-0.2, 0) is 36.2 Å². The van der Waals surface area contributed by atoms with Gasteiger partial charge in [0.25, 0.3) is 0 Å². The van der Waals surface area contributed by atoms with Gasteiger partial charge in [-0.2, -0.15) is 97.8 Å². The van der Waals surface area contributed by atoms with Gasteiger partial charge in [0.15, 0.2) is 0 Å². The van der Waals surface area contributed by atoms with Gasteiger partial charge in [-0.3, -0.25) is 0 Å². The zero-order valence-corrected chi connectivity index (χ0v) is 40.8. The summed E-state index contributed by atoms with van der Waals surface area (Å²) in [4.78, 5) is 0. The molecule has 0 aliphatic rings. The summed E-state index contributed by atoms with van der Waals surface area (Å²) < 4.78 is 0. The molecule has 6 aromatic rings. The van der Waals surface area contributed by atoms with Crippen LogP contribution >= 0.6 is 0 Å². The molecule has 0 fully saturated rings. The minimum Gasteiger partial charge on any atom is -0.184 e. The first kappa shape index (κ1) is 53.2. The maximum absolute atomic E-state index is 3.60. The third-order valence-corrected chi connectivity index (χ3v) is 9.19. The maximum atomic E-state index is 3.60. The molecule has 2 radical (unpaired) electrons. The van der Waals surface area contributed by atoms with Crippen LogP contribution in [-0.4, -0.2) is 6.88 Å². The predicted molar refractivity (Wildman–Crippen MR) is 251 cm³/mol. The summed E-state index contributed by atoms with van der Waals surface area (Å²) in [5, 5.41) is 5.77. The van der Waals surface area contributed by atoms with Crippen molar-refractivity contribution in [3.8, 4) is 0 Å². The van der Waals surface area contributed by atoms with Crippen LogP contribution in [0.2, 0.25) is 0 Å². The Morgan fingerprint density at radius 1 is 0.500 bits per heavy atom. The summed E-state index contributed by atoms with van der Waals surface area (Å²) >= 11 is 1.36. The number of hydrogen-bond acceptors (Lipinski definition) is 0. The summed E-state index contributed by atoms with van der Waals surface area (Å²) in [5.41, 5.74) is 8.87. The molecule has 0 aromatic heterocycles. The van der Waals surface area contributed by atoms with E-state index in [1.165, 1.54) is 91.1 Å². The van der Waals surface area contributed by atoms with Crippen LogP contribution in [0.1, 0.15) is 166 Å². The van der Waals surface area contributed by atoms with E-state index in [4.69, 9.17) is 0 Å². The Labute approximate surface area is 363 Å². The standard InChI is InChI=1S/2C17H23.2C6H5.2C4H9.Si.Zr/c2*1-6-13-7-15-9-14(11(2)3)10-16(12(4)5)17(15)8-13;2*1-2-4-6-5-3-1;2*1-3-4-2;;/h2*7-12H,6H2,1-5H3;2*1-5H;2*1,3-4H2,2H3;;/q6*-1;;. The van der Waals surface area contributed by atoms with Crippen molar-refractivity contribution in [1.82, 2.24) is 0 Å². The van der Waals surface area contributed by atoms with Crippen LogP contribution in [0.25, 0.3) is 21.5 Å². The molecule has 0 aliphatic carbocycles. The van der Waals surface area contributed by atoms with Crippen LogP contribution < -0.4 is 0 Å². The average molecular weight is 842 g/mol. The molecule has 0 amide bonds. The number of hydrogen-bond donors (Lipinski definition) is 0. The van der Waals surface area contributed by atoms with Gasteiger partial charge in [-0.25, -0.2) is 0 Å². The largest absolute Gasteiger partial charge is 0.184 e. The van der Waals surface area contributed by atoms with Crippen LogP contribution in [0.3, 0.4) is 0 Å². The number of unbranched alkanes of at least 4 members (excludes halogenated alkanes) is 2. The van der Waals surface area contributed by atoms with Crippen LogP contribution in [0.15, 0.2) is 109 Å². The molecule has 6 aromatic carbocycles. The van der Waals surface area contributed by atoms with Gasteiger partial charge in [-0.05, 0) is 36.5 Å². The molecule has 0 spiro atoms. The van der Waals surface area contributed by atoms with Gasteiger partial charge in [0.2, 0.25) is 0 Å². The molecule has 0 nitrogen and oxygen atoms in total. The minimum atomic E-state index is 0.600. The molecular weight excluding hydrogens is 768 g/mol. The molecule has 0 saturated heterocycles. The number of fused-ring (bicyclic) bond motifs is 2. The van der Waals surface area contributed by atoms with Crippen molar-refractivity contribution in [3.63, 3.8) is 0 Å². The molecule has 56 heavy (non-hydrogen) atoms. The second kappa shape index (κ2) is 32.2. The van der Waals surface area contributed by atoms with E-state index in [1.807, 2.05) is 60.7 Å². The Balaban J connectivity index is 0.000000713. The van der Waals surface area contributed by atoms with Gasteiger partial charge < -0.3 is 13.8 Å². The quantitative estimate of drug-likeness (QED) is 0.106. The zero-order chi connectivity index (χ0) is 42.5. The van der Waals surface area contributed by atoms with Crippen molar-refractivity contribution in [2.45, 2.75) is 145 Å². The van der Waals surface area contributed by atoms with Crippen molar-refractivity contribution >= 4 is 28.4 Å². The molecule has 2 heteroatoms. The Morgan fingerprint density at radius 3 is 0.982 bits per heavy atom. The van der Waals surface area contributed by atoms with Gasteiger partial charge >= 0.3 is 30.2 Å². The summed E-state index contributed by atoms with van der Waals surface area (Å²) in [5.74, 6) is 2.42. The summed E-state index contributed by atoms with van der Waals surface area (Å²) in [7, 11) is 0. The molecule has 0 bridgehead atoms. The van der Waals surface area contributed by atoms with Crippen LogP contribution in [0.5, 0.6) is 0 Å². The fourth-order valence-electron chi connectivity index (χ4n) is 5.59. The molecular formula is C54H74SiZr-6. The van der Waals surface area contributed by atoms with E-state index >= 15 is 0 Å². The van der Waals surface area contributed by atoms with Crippen LogP contribution in [0.4, 0.5) is 0 Å². The van der Waals surface area contributed by atoms with E-state index in [0.29, 0.717) is 23.7 Å². The Kier molecular flexibility index (Phi) is 30.6. The smallest absolute Gasteiger partial charge is 0.171 e. The maximum Gasteiger partial charge on any atom is -0.171 e. The molecule has 6 rings (SSSR count). The molecule has 0 unspecified atom stereocenters. The first-order chi connectivity index (χ1) is 26.9. The van der Waals surface area contributed by atoms with Gasteiger partial charge in [0.05, 0.1) is 0 Å². The van der Waals surface area contributed by atoms with Crippen molar-refractivity contribution in [2.24, 2.45) is 0 Å². The average Bonchev–Trinajstić information content (AvgIpc) is 3.87. The van der Waals surface area contributed by atoms with Crippen molar-refractivity contribution < 1.29 is 23.3 Å². The number of aryl methyl sites for hydroxylation is 2. The number of benzene rings is 4. The van der Waals surface area contributed by atoms with E-state index in [-0.39, 0.29) is 0 Å². The van der Waals surface area contributed by atoms with Gasteiger partial charge in [0.1, 0.15) is 0 Å². The summed E-state index contributed by atoms with van der Waals surface area (Å²) in [6.07, 6.45) is 6.81. The normalized spacial score (nSPS) is 10.1. The Bertz CT molecular complexity index is 1600. The molecule has 0 heterocycles. The monoisotopic (exact) mass is 840 g/mol. The fraction of sp³-hybridized carbons (Fsp3) is 0.407. The van der Waals surface area contributed by atoms with Crippen molar-refractivity contribution in [3.05, 3.63) is 169 Å². The first-order valence-corrected chi connectivity index (χ1v) is 25.2. The molecule has 304 valence electrons. The van der Waals surface area contributed by atoms with Crippen molar-refractivity contribution in [1.29, 1.82) is 0 Å². The predicted octanol–water partition coefficient (Wildman–Crippen LogP) is 16.6. The SMILES string of the molecule is CCc1cc2c(C(C)C)cc(C(C)C)cc2[cH-]1.CCc1cc2c(C(C)C)cc(C(C)C)cc2[cH-]1.[CH2-]CCC.[CH2-]CCC.[Si]=[Zr].[c-]1ccccc1.[c-]1ccccc1.